The Labute approximate surface area is 253 Å². The first kappa shape index (κ1) is 27.5. The number of amides is 1. The van der Waals surface area contributed by atoms with Gasteiger partial charge in [0.05, 0.1) is 27.2 Å². The Hall–Kier alpha value is -4.63. The molecule has 0 saturated heterocycles. The normalized spacial score (nSPS) is 11.4. The van der Waals surface area contributed by atoms with Crippen LogP contribution in [0.1, 0.15) is 5.56 Å². The molecule has 0 aliphatic rings. The molecule has 0 bridgehead atoms. The third kappa shape index (κ3) is 5.73. The van der Waals surface area contributed by atoms with E-state index in [0.717, 1.165) is 5.39 Å². The number of aromatic nitrogens is 2. The van der Waals surface area contributed by atoms with Crippen molar-refractivity contribution in [2.24, 2.45) is 5.10 Å². The van der Waals surface area contributed by atoms with Crippen LogP contribution >= 0.6 is 34.8 Å². The molecule has 1 N–H and O–H groups in total. The number of anilines is 1. The fourth-order valence-corrected chi connectivity index (χ4v) is 5.01. The minimum absolute atomic E-state index is 0.134. The number of nitrogens with zero attached hydrogens (tertiary/aromatic N) is 3. The first-order valence-electron chi connectivity index (χ1n) is 12.6. The van der Waals surface area contributed by atoms with E-state index in [9.17, 15) is 9.59 Å². The summed E-state index contributed by atoms with van der Waals surface area (Å²) < 4.78 is 12.8. The van der Waals surface area contributed by atoms with Crippen molar-refractivity contribution in [1.29, 1.82) is 0 Å². The number of para-hydroxylation sites is 2. The summed E-state index contributed by atoms with van der Waals surface area (Å²) in [4.78, 5) is 30.5. The Morgan fingerprint density at radius 3 is 2.43 bits per heavy atom. The Morgan fingerprint density at radius 2 is 1.67 bits per heavy atom. The molecule has 0 aliphatic heterocycles. The number of furan rings is 1. The first-order valence-corrected chi connectivity index (χ1v) is 13.7. The fraction of sp³-hybridized carbons (Fsp3) is 0.0323. The standard InChI is InChI=1S/C31H19Cl3N4O4/c32-20-9-11-21(12-10-20)36-28(39)17-41-29-23(33)13-18(14-24(29)34)16-35-38-30(27-15-19-5-1-4-8-26(19)42-27)37-25-7-3-2-6-22(25)31(38)40/h1-16H,17H2,(H,36,39). The van der Waals surface area contributed by atoms with Crippen LogP contribution < -0.4 is 15.6 Å². The van der Waals surface area contributed by atoms with E-state index in [1.807, 2.05) is 24.3 Å². The molecule has 0 spiro atoms. The lowest BCUT2D eigenvalue weighted by molar-refractivity contribution is -0.118. The van der Waals surface area contributed by atoms with E-state index < -0.39 is 5.91 Å². The molecule has 0 aliphatic carbocycles. The topological polar surface area (TPSA) is 98.7 Å². The highest BCUT2D eigenvalue weighted by molar-refractivity contribution is 6.37. The quantitative estimate of drug-likeness (QED) is 0.185. The number of hydrogen-bond acceptors (Lipinski definition) is 6. The van der Waals surface area contributed by atoms with E-state index in [-0.39, 0.29) is 33.8 Å². The van der Waals surface area contributed by atoms with E-state index in [0.29, 0.717) is 38.5 Å². The molecule has 0 fully saturated rings. The summed E-state index contributed by atoms with van der Waals surface area (Å²) in [7, 11) is 0. The zero-order chi connectivity index (χ0) is 29.2. The molecule has 2 heterocycles. The van der Waals surface area contributed by atoms with Crippen LogP contribution in [0.15, 0.2) is 105 Å². The lowest BCUT2D eigenvalue weighted by atomic mass is 10.2. The van der Waals surface area contributed by atoms with Crippen molar-refractivity contribution in [3.63, 3.8) is 0 Å². The average Bonchev–Trinajstić information content (AvgIpc) is 3.42. The molecule has 0 atom stereocenters. The van der Waals surface area contributed by atoms with Gasteiger partial charge in [-0.25, -0.2) is 4.98 Å². The summed E-state index contributed by atoms with van der Waals surface area (Å²) in [5, 5.41) is 9.26. The van der Waals surface area contributed by atoms with Gasteiger partial charge in [-0.15, -0.1) is 0 Å². The van der Waals surface area contributed by atoms with Crippen molar-refractivity contribution >= 4 is 74.5 Å². The molecule has 1 amide bonds. The smallest absolute Gasteiger partial charge is 0.282 e. The SMILES string of the molecule is O=C(COc1c(Cl)cc(C=Nn2c(-c3cc4ccccc4o3)nc3ccccc3c2=O)cc1Cl)Nc1ccc(Cl)cc1. The number of fused-ring (bicyclic) bond motifs is 2. The molecule has 0 unspecified atom stereocenters. The number of rotatable bonds is 7. The van der Waals surface area contributed by atoms with Gasteiger partial charge in [0.15, 0.2) is 18.1 Å². The zero-order valence-corrected chi connectivity index (χ0v) is 23.8. The molecule has 11 heteroatoms. The molecule has 208 valence electrons. The van der Waals surface area contributed by atoms with Gasteiger partial charge in [-0.3, -0.25) is 9.59 Å². The highest BCUT2D eigenvalue weighted by Crippen LogP contribution is 2.34. The maximum absolute atomic E-state index is 13.5. The van der Waals surface area contributed by atoms with Crippen LogP contribution in [-0.4, -0.2) is 28.4 Å². The summed E-state index contributed by atoms with van der Waals surface area (Å²) in [6.45, 7) is -0.325. The van der Waals surface area contributed by atoms with Crippen LogP contribution in [0.3, 0.4) is 0 Å². The summed E-state index contributed by atoms with van der Waals surface area (Å²) in [5.74, 6) is 0.341. The molecule has 6 rings (SSSR count). The predicted molar refractivity (Wildman–Crippen MR) is 166 cm³/mol. The van der Waals surface area contributed by atoms with Crippen molar-refractivity contribution in [3.8, 4) is 17.3 Å². The van der Waals surface area contributed by atoms with Gasteiger partial charge in [0.1, 0.15) is 5.58 Å². The lowest BCUT2D eigenvalue weighted by Crippen LogP contribution is -2.20. The molecular formula is C31H19Cl3N4O4. The van der Waals surface area contributed by atoms with Crippen molar-refractivity contribution < 1.29 is 13.9 Å². The maximum Gasteiger partial charge on any atom is 0.282 e. The summed E-state index contributed by atoms with van der Waals surface area (Å²) in [6.07, 6.45) is 1.43. The minimum Gasteiger partial charge on any atom is -0.481 e. The Balaban J connectivity index is 1.28. The molecule has 6 aromatic rings. The average molecular weight is 618 g/mol. The minimum atomic E-state index is -0.406. The molecule has 4 aromatic carbocycles. The van der Waals surface area contributed by atoms with Crippen molar-refractivity contribution in [2.45, 2.75) is 0 Å². The van der Waals surface area contributed by atoms with E-state index >= 15 is 0 Å². The van der Waals surface area contributed by atoms with Gasteiger partial charge in [0.2, 0.25) is 5.82 Å². The van der Waals surface area contributed by atoms with E-state index in [1.54, 1.807) is 66.7 Å². The van der Waals surface area contributed by atoms with Crippen molar-refractivity contribution in [1.82, 2.24) is 9.66 Å². The third-order valence-electron chi connectivity index (χ3n) is 6.22. The third-order valence-corrected chi connectivity index (χ3v) is 7.03. The number of carbonyl (C=O) groups excluding carboxylic acids is 1. The molecular weight excluding hydrogens is 599 g/mol. The Bertz CT molecular complexity index is 2000. The highest BCUT2D eigenvalue weighted by atomic mass is 35.5. The second-order valence-corrected chi connectivity index (χ2v) is 10.4. The summed E-state index contributed by atoms with van der Waals surface area (Å²) in [5.41, 5.74) is 1.84. The van der Waals surface area contributed by atoms with Gasteiger partial charge in [-0.2, -0.15) is 9.78 Å². The molecule has 0 saturated carbocycles. The maximum atomic E-state index is 13.5. The van der Waals surface area contributed by atoms with Gasteiger partial charge in [0.25, 0.3) is 11.5 Å². The molecule has 42 heavy (non-hydrogen) atoms. The monoisotopic (exact) mass is 616 g/mol. The Morgan fingerprint density at radius 1 is 0.952 bits per heavy atom. The van der Waals surface area contributed by atoms with Gasteiger partial charge in [-0.05, 0) is 66.2 Å². The van der Waals surface area contributed by atoms with Gasteiger partial charge in [-0.1, -0.05) is 65.1 Å². The van der Waals surface area contributed by atoms with Crippen LogP contribution in [0.5, 0.6) is 5.75 Å². The van der Waals surface area contributed by atoms with E-state index in [4.69, 9.17) is 44.0 Å². The van der Waals surface area contributed by atoms with Crippen molar-refractivity contribution in [2.75, 3.05) is 11.9 Å². The van der Waals surface area contributed by atoms with Crippen LogP contribution in [0.4, 0.5) is 5.69 Å². The van der Waals surface area contributed by atoms with Crippen LogP contribution in [0.2, 0.25) is 15.1 Å². The van der Waals surface area contributed by atoms with E-state index in [2.05, 4.69) is 15.4 Å². The zero-order valence-electron chi connectivity index (χ0n) is 21.6. The Kier molecular flexibility index (Phi) is 7.67. The number of halogens is 3. The lowest BCUT2D eigenvalue weighted by Gasteiger charge is -2.11. The van der Waals surface area contributed by atoms with Gasteiger partial charge in [0, 0.05) is 16.1 Å². The highest BCUT2D eigenvalue weighted by Gasteiger charge is 2.17. The predicted octanol–water partition coefficient (Wildman–Crippen LogP) is 7.67. The van der Waals surface area contributed by atoms with Gasteiger partial charge >= 0.3 is 0 Å². The summed E-state index contributed by atoms with van der Waals surface area (Å²) >= 11 is 18.8. The fourth-order valence-electron chi connectivity index (χ4n) is 4.27. The second-order valence-electron chi connectivity index (χ2n) is 9.12. The largest absolute Gasteiger partial charge is 0.481 e. The number of nitrogens with one attached hydrogen (secondary N) is 1. The molecule has 2 aromatic heterocycles. The number of benzene rings is 4. The van der Waals surface area contributed by atoms with E-state index in [1.165, 1.54) is 10.9 Å². The van der Waals surface area contributed by atoms with Crippen LogP contribution in [0, 0.1) is 0 Å². The number of carbonyl (C=O) groups is 1. The van der Waals surface area contributed by atoms with Crippen LogP contribution in [0.25, 0.3) is 33.5 Å². The number of ether oxygens (including phenoxy) is 1. The number of hydrogen-bond donors (Lipinski definition) is 1. The first-order chi connectivity index (χ1) is 20.4. The van der Waals surface area contributed by atoms with Crippen molar-refractivity contribution in [3.05, 3.63) is 122 Å². The van der Waals surface area contributed by atoms with Gasteiger partial charge < -0.3 is 14.5 Å². The molecule has 0 radical (unpaired) electrons. The second kappa shape index (κ2) is 11.7. The summed E-state index contributed by atoms with van der Waals surface area (Å²) in [6, 6.07) is 26.1. The van der Waals surface area contributed by atoms with Crippen LogP contribution in [-0.2, 0) is 4.79 Å². The molecule has 8 nitrogen and oxygen atoms in total.